The van der Waals surface area contributed by atoms with Gasteiger partial charge in [0.25, 0.3) is 0 Å². The molecule has 88 valence electrons. The van der Waals surface area contributed by atoms with Crippen molar-refractivity contribution in [2.45, 2.75) is 30.7 Å². The number of hydrazine groups is 1. The smallest absolute Gasteiger partial charge is 0.147 e. The molecule has 0 bridgehead atoms. The normalized spacial score (nSPS) is 15.2. The number of thioether (sulfide) groups is 1. The van der Waals surface area contributed by atoms with Crippen molar-refractivity contribution in [2.24, 2.45) is 5.84 Å². The molecule has 0 amide bonds. The van der Waals surface area contributed by atoms with Crippen LogP contribution in [-0.2, 0) is 0 Å². The predicted molar refractivity (Wildman–Crippen MR) is 64.4 cm³/mol. The molecule has 4 N–H and O–H groups in total. The number of nitrogens with zero attached hydrogens (tertiary/aromatic N) is 2. The van der Waals surface area contributed by atoms with Crippen molar-refractivity contribution >= 4 is 17.6 Å². The van der Waals surface area contributed by atoms with Gasteiger partial charge in [0.05, 0.1) is 6.61 Å². The summed E-state index contributed by atoms with van der Waals surface area (Å²) in [5.74, 6) is 8.15. The standard InChI is InChI=1S/C10H16N4OS/c1-6-8(14-11)12-9(7-2-3-7)13-10(6)16-5-4-15/h7,15H,2-5,11H2,1H3,(H,12,13,14). The summed E-state index contributed by atoms with van der Waals surface area (Å²) in [7, 11) is 0. The van der Waals surface area contributed by atoms with E-state index < -0.39 is 0 Å². The van der Waals surface area contributed by atoms with Gasteiger partial charge in [-0.15, -0.1) is 11.8 Å². The van der Waals surface area contributed by atoms with E-state index in [4.69, 9.17) is 10.9 Å². The molecule has 0 aromatic carbocycles. The maximum Gasteiger partial charge on any atom is 0.147 e. The van der Waals surface area contributed by atoms with Crippen LogP contribution in [0.3, 0.4) is 0 Å². The van der Waals surface area contributed by atoms with E-state index in [0.29, 0.717) is 17.5 Å². The van der Waals surface area contributed by atoms with E-state index in [0.717, 1.165) is 29.3 Å². The molecule has 1 saturated carbocycles. The molecule has 1 aromatic heterocycles. The van der Waals surface area contributed by atoms with Gasteiger partial charge in [0, 0.05) is 17.2 Å². The van der Waals surface area contributed by atoms with E-state index in [1.807, 2.05) is 6.92 Å². The Kier molecular flexibility index (Phi) is 3.63. The lowest BCUT2D eigenvalue weighted by molar-refractivity contribution is 0.322. The van der Waals surface area contributed by atoms with Gasteiger partial charge in [0.2, 0.25) is 0 Å². The van der Waals surface area contributed by atoms with Crippen molar-refractivity contribution in [2.75, 3.05) is 17.8 Å². The minimum absolute atomic E-state index is 0.151. The highest BCUT2D eigenvalue weighted by Crippen LogP contribution is 2.39. The minimum atomic E-state index is 0.151. The Morgan fingerprint density at radius 3 is 2.81 bits per heavy atom. The van der Waals surface area contributed by atoms with Crippen LogP contribution in [0.2, 0.25) is 0 Å². The SMILES string of the molecule is Cc1c(NN)nc(C2CC2)nc1SCCO. The van der Waals surface area contributed by atoms with Crippen molar-refractivity contribution in [3.63, 3.8) is 0 Å². The highest BCUT2D eigenvalue weighted by Gasteiger charge is 2.28. The molecule has 0 spiro atoms. The molecule has 1 aliphatic rings. The van der Waals surface area contributed by atoms with Crippen LogP contribution in [0.1, 0.15) is 30.1 Å². The monoisotopic (exact) mass is 240 g/mol. The molecule has 1 fully saturated rings. The summed E-state index contributed by atoms with van der Waals surface area (Å²) in [5, 5.41) is 9.75. The topological polar surface area (TPSA) is 84.1 Å². The summed E-state index contributed by atoms with van der Waals surface area (Å²) in [4.78, 5) is 8.92. The van der Waals surface area contributed by atoms with Gasteiger partial charge in [-0.05, 0) is 19.8 Å². The zero-order valence-electron chi connectivity index (χ0n) is 9.23. The molecule has 0 saturated heterocycles. The fourth-order valence-corrected chi connectivity index (χ4v) is 2.22. The second-order valence-corrected chi connectivity index (χ2v) is 4.93. The van der Waals surface area contributed by atoms with Gasteiger partial charge in [-0.1, -0.05) is 0 Å². The molecular weight excluding hydrogens is 224 g/mol. The molecule has 1 aliphatic carbocycles. The summed E-state index contributed by atoms with van der Waals surface area (Å²) in [6.45, 7) is 2.09. The Hall–Kier alpha value is -0.850. The first-order chi connectivity index (χ1) is 7.76. The number of nitrogen functional groups attached to an aromatic ring is 1. The number of aromatic nitrogens is 2. The zero-order chi connectivity index (χ0) is 11.5. The maximum atomic E-state index is 8.83. The van der Waals surface area contributed by atoms with Gasteiger partial charge < -0.3 is 10.5 Å². The molecule has 0 aliphatic heterocycles. The van der Waals surface area contributed by atoms with E-state index in [1.54, 1.807) is 0 Å². The van der Waals surface area contributed by atoms with Gasteiger partial charge >= 0.3 is 0 Å². The third-order valence-corrected chi connectivity index (χ3v) is 3.59. The third kappa shape index (κ3) is 2.45. The van der Waals surface area contributed by atoms with Crippen molar-refractivity contribution in [1.82, 2.24) is 9.97 Å². The Balaban J connectivity index is 2.28. The minimum Gasteiger partial charge on any atom is -0.396 e. The molecule has 1 aromatic rings. The predicted octanol–water partition coefficient (Wildman–Crippen LogP) is 1.03. The second kappa shape index (κ2) is 4.99. The number of aliphatic hydroxyl groups excluding tert-OH is 1. The number of nitrogens with two attached hydrogens (primary N) is 1. The van der Waals surface area contributed by atoms with Crippen LogP contribution in [0, 0.1) is 6.92 Å². The fraction of sp³-hybridized carbons (Fsp3) is 0.600. The third-order valence-electron chi connectivity index (χ3n) is 2.53. The van der Waals surface area contributed by atoms with Crippen molar-refractivity contribution in [1.29, 1.82) is 0 Å². The van der Waals surface area contributed by atoms with Gasteiger partial charge in [-0.25, -0.2) is 15.8 Å². The number of rotatable bonds is 5. The van der Waals surface area contributed by atoms with E-state index in [-0.39, 0.29) is 6.61 Å². The number of hydrogen-bond donors (Lipinski definition) is 3. The Morgan fingerprint density at radius 2 is 2.25 bits per heavy atom. The Labute approximate surface area is 98.8 Å². The van der Waals surface area contributed by atoms with E-state index in [1.165, 1.54) is 11.8 Å². The van der Waals surface area contributed by atoms with Gasteiger partial charge in [0.15, 0.2) is 0 Å². The first-order valence-corrected chi connectivity index (χ1v) is 6.33. The van der Waals surface area contributed by atoms with Crippen LogP contribution < -0.4 is 11.3 Å². The highest BCUT2D eigenvalue weighted by molar-refractivity contribution is 7.99. The molecule has 0 unspecified atom stereocenters. The van der Waals surface area contributed by atoms with Gasteiger partial charge in [-0.3, -0.25) is 0 Å². The van der Waals surface area contributed by atoms with Crippen molar-refractivity contribution in [3.05, 3.63) is 11.4 Å². The first kappa shape index (κ1) is 11.6. The molecule has 16 heavy (non-hydrogen) atoms. The number of nitrogens with one attached hydrogen (secondary N) is 1. The molecular formula is C10H16N4OS. The quantitative estimate of drug-likeness (QED) is 0.308. The van der Waals surface area contributed by atoms with E-state index in [2.05, 4.69) is 15.4 Å². The molecule has 6 heteroatoms. The molecule has 0 radical (unpaired) electrons. The summed E-state index contributed by atoms with van der Waals surface area (Å²) in [6.07, 6.45) is 2.33. The molecule has 0 atom stereocenters. The van der Waals surface area contributed by atoms with Crippen LogP contribution in [0.15, 0.2) is 5.03 Å². The number of hydrogen-bond acceptors (Lipinski definition) is 6. The summed E-state index contributed by atoms with van der Waals surface area (Å²) in [5.41, 5.74) is 3.56. The van der Waals surface area contributed by atoms with Crippen LogP contribution in [0.25, 0.3) is 0 Å². The van der Waals surface area contributed by atoms with Crippen molar-refractivity contribution in [3.8, 4) is 0 Å². The molecule has 2 rings (SSSR count). The first-order valence-electron chi connectivity index (χ1n) is 5.35. The van der Waals surface area contributed by atoms with E-state index >= 15 is 0 Å². The molecule has 1 heterocycles. The number of anilines is 1. The lowest BCUT2D eigenvalue weighted by atomic mass is 10.3. The van der Waals surface area contributed by atoms with Crippen LogP contribution in [-0.4, -0.2) is 27.4 Å². The summed E-state index contributed by atoms with van der Waals surface area (Å²) >= 11 is 1.54. The van der Waals surface area contributed by atoms with E-state index in [9.17, 15) is 0 Å². The van der Waals surface area contributed by atoms with Gasteiger partial charge in [0.1, 0.15) is 16.7 Å². The lowest BCUT2D eigenvalue weighted by Crippen LogP contribution is -2.13. The summed E-state index contributed by atoms with van der Waals surface area (Å²) in [6, 6.07) is 0. The lowest BCUT2D eigenvalue weighted by Gasteiger charge is -2.10. The Morgan fingerprint density at radius 1 is 1.50 bits per heavy atom. The van der Waals surface area contributed by atoms with Gasteiger partial charge in [-0.2, -0.15) is 0 Å². The Bertz CT molecular complexity index is 381. The largest absolute Gasteiger partial charge is 0.396 e. The van der Waals surface area contributed by atoms with Crippen LogP contribution in [0.4, 0.5) is 5.82 Å². The second-order valence-electron chi connectivity index (χ2n) is 3.85. The van der Waals surface area contributed by atoms with Crippen molar-refractivity contribution < 1.29 is 5.11 Å². The highest BCUT2D eigenvalue weighted by atomic mass is 32.2. The zero-order valence-corrected chi connectivity index (χ0v) is 10.0. The van der Waals surface area contributed by atoms with Crippen LogP contribution >= 0.6 is 11.8 Å². The summed E-state index contributed by atoms with van der Waals surface area (Å²) < 4.78 is 0. The maximum absolute atomic E-state index is 8.83. The fourth-order valence-electron chi connectivity index (χ4n) is 1.46. The average Bonchev–Trinajstić information content (AvgIpc) is 3.11. The molecule has 5 nitrogen and oxygen atoms in total. The number of aliphatic hydroxyl groups is 1. The van der Waals surface area contributed by atoms with Crippen LogP contribution in [0.5, 0.6) is 0 Å². The average molecular weight is 240 g/mol.